The Kier molecular flexibility index (Phi) is 4.75. The molecule has 0 fully saturated rings. The fraction of sp³-hybridized carbons (Fsp3) is 0.385. The van der Waals surface area contributed by atoms with Crippen LogP contribution >= 0.6 is 0 Å². The molecule has 0 aromatic heterocycles. The van der Waals surface area contributed by atoms with E-state index >= 15 is 0 Å². The Morgan fingerprint density at radius 2 is 1.76 bits per heavy atom. The van der Waals surface area contributed by atoms with E-state index in [0.717, 1.165) is 24.2 Å². The molecule has 0 unspecified atom stereocenters. The van der Waals surface area contributed by atoms with Crippen LogP contribution in [0.5, 0.6) is 0 Å². The predicted molar refractivity (Wildman–Crippen MR) is 62.6 cm³/mol. The summed E-state index contributed by atoms with van der Waals surface area (Å²) in [6.07, 6.45) is -2.22. The third-order valence-electron chi connectivity index (χ3n) is 2.27. The number of nitrogens with one attached hydrogen (secondary N) is 1. The molecular formula is C13H16F3N. The topological polar surface area (TPSA) is 12.0 Å². The summed E-state index contributed by atoms with van der Waals surface area (Å²) in [6, 6.07) is 5.21. The molecule has 1 rings (SSSR count). The fourth-order valence-electron chi connectivity index (χ4n) is 1.30. The van der Waals surface area contributed by atoms with Crippen molar-refractivity contribution in [1.82, 2.24) is 5.32 Å². The number of benzene rings is 1. The van der Waals surface area contributed by atoms with Crippen LogP contribution in [-0.2, 0) is 12.7 Å². The Labute approximate surface area is 99.3 Å². The van der Waals surface area contributed by atoms with Crippen LogP contribution < -0.4 is 5.32 Å². The smallest absolute Gasteiger partial charge is 0.309 e. The van der Waals surface area contributed by atoms with E-state index in [1.165, 1.54) is 17.7 Å². The van der Waals surface area contributed by atoms with Gasteiger partial charge in [0.2, 0.25) is 0 Å². The lowest BCUT2D eigenvalue weighted by molar-refractivity contribution is -0.137. The molecule has 0 atom stereocenters. The van der Waals surface area contributed by atoms with Crippen LogP contribution in [0.1, 0.15) is 25.0 Å². The van der Waals surface area contributed by atoms with Gasteiger partial charge in [0.15, 0.2) is 0 Å². The average molecular weight is 243 g/mol. The Hall–Kier alpha value is -1.29. The number of hydrogen-bond acceptors (Lipinski definition) is 1. The lowest BCUT2D eigenvalue weighted by Crippen LogP contribution is -2.13. The van der Waals surface area contributed by atoms with Crippen molar-refractivity contribution >= 4 is 0 Å². The standard InChI is InChI=1S/C13H16F3N/c1-10(2)7-8-17-9-11-3-5-12(6-4-11)13(14,15)16/h3-7,17H,8-9H2,1-2H3. The highest BCUT2D eigenvalue weighted by molar-refractivity contribution is 5.24. The van der Waals surface area contributed by atoms with E-state index in [0.29, 0.717) is 6.54 Å². The first-order valence-corrected chi connectivity index (χ1v) is 5.40. The molecule has 94 valence electrons. The minimum atomic E-state index is -4.26. The molecule has 1 aromatic rings. The number of rotatable bonds is 4. The molecule has 0 aliphatic rings. The number of alkyl halides is 3. The summed E-state index contributed by atoms with van der Waals surface area (Å²) >= 11 is 0. The van der Waals surface area contributed by atoms with E-state index in [1.54, 1.807) is 0 Å². The van der Waals surface area contributed by atoms with Gasteiger partial charge in [0.05, 0.1) is 5.56 Å². The second kappa shape index (κ2) is 5.87. The van der Waals surface area contributed by atoms with Gasteiger partial charge in [-0.15, -0.1) is 0 Å². The second-order valence-corrected chi connectivity index (χ2v) is 4.11. The molecule has 0 saturated carbocycles. The quantitative estimate of drug-likeness (QED) is 0.627. The van der Waals surface area contributed by atoms with E-state index in [1.807, 2.05) is 19.9 Å². The first-order chi connectivity index (χ1) is 7.89. The van der Waals surface area contributed by atoms with E-state index in [4.69, 9.17) is 0 Å². The van der Waals surface area contributed by atoms with Crippen LogP contribution in [0, 0.1) is 0 Å². The highest BCUT2D eigenvalue weighted by atomic mass is 19.4. The van der Waals surface area contributed by atoms with Gasteiger partial charge in [0.25, 0.3) is 0 Å². The van der Waals surface area contributed by atoms with E-state index in [-0.39, 0.29) is 0 Å². The van der Waals surface area contributed by atoms with Gasteiger partial charge in [-0.25, -0.2) is 0 Å². The van der Waals surface area contributed by atoms with Crippen molar-refractivity contribution in [1.29, 1.82) is 0 Å². The number of allylic oxidation sites excluding steroid dienone is 1. The zero-order valence-electron chi connectivity index (χ0n) is 9.93. The minimum Gasteiger partial charge on any atom is -0.309 e. The Morgan fingerprint density at radius 1 is 1.18 bits per heavy atom. The molecule has 0 saturated heterocycles. The first-order valence-electron chi connectivity index (χ1n) is 5.40. The van der Waals surface area contributed by atoms with Crippen molar-refractivity contribution in [2.75, 3.05) is 6.54 Å². The fourth-order valence-corrected chi connectivity index (χ4v) is 1.30. The van der Waals surface area contributed by atoms with Gasteiger partial charge in [-0.2, -0.15) is 13.2 Å². The van der Waals surface area contributed by atoms with Crippen LogP contribution in [-0.4, -0.2) is 6.54 Å². The van der Waals surface area contributed by atoms with Gasteiger partial charge in [0.1, 0.15) is 0 Å². The van der Waals surface area contributed by atoms with E-state index in [9.17, 15) is 13.2 Å². The highest BCUT2D eigenvalue weighted by Gasteiger charge is 2.29. The SMILES string of the molecule is CC(C)=CCNCc1ccc(C(F)(F)F)cc1. The van der Waals surface area contributed by atoms with Gasteiger partial charge in [-0.05, 0) is 31.5 Å². The molecule has 0 radical (unpaired) electrons. The summed E-state index contributed by atoms with van der Waals surface area (Å²) in [5.74, 6) is 0. The third-order valence-corrected chi connectivity index (χ3v) is 2.27. The first kappa shape index (κ1) is 13.8. The number of hydrogen-bond donors (Lipinski definition) is 1. The molecule has 1 aromatic carbocycles. The maximum Gasteiger partial charge on any atom is 0.416 e. The molecule has 1 nitrogen and oxygen atoms in total. The van der Waals surface area contributed by atoms with Crippen molar-refractivity contribution in [3.63, 3.8) is 0 Å². The summed E-state index contributed by atoms with van der Waals surface area (Å²) in [5.41, 5.74) is 1.45. The maximum absolute atomic E-state index is 12.3. The van der Waals surface area contributed by atoms with E-state index < -0.39 is 11.7 Å². The lowest BCUT2D eigenvalue weighted by Gasteiger charge is -2.07. The Morgan fingerprint density at radius 3 is 2.24 bits per heavy atom. The van der Waals surface area contributed by atoms with Gasteiger partial charge in [-0.3, -0.25) is 0 Å². The molecule has 0 heterocycles. The van der Waals surface area contributed by atoms with Crippen molar-refractivity contribution in [2.24, 2.45) is 0 Å². The zero-order chi connectivity index (χ0) is 12.9. The maximum atomic E-state index is 12.3. The van der Waals surface area contributed by atoms with Crippen molar-refractivity contribution in [3.05, 3.63) is 47.0 Å². The summed E-state index contributed by atoms with van der Waals surface area (Å²) in [6.45, 7) is 5.30. The summed E-state index contributed by atoms with van der Waals surface area (Å²) < 4.78 is 36.9. The van der Waals surface area contributed by atoms with Crippen molar-refractivity contribution < 1.29 is 13.2 Å². The van der Waals surface area contributed by atoms with Gasteiger partial charge in [-0.1, -0.05) is 23.8 Å². The van der Waals surface area contributed by atoms with Crippen LogP contribution in [0.3, 0.4) is 0 Å². The van der Waals surface area contributed by atoms with Crippen LogP contribution in [0.2, 0.25) is 0 Å². The van der Waals surface area contributed by atoms with Crippen LogP contribution in [0.25, 0.3) is 0 Å². The summed E-state index contributed by atoms with van der Waals surface area (Å²) in [5, 5.41) is 3.13. The molecule has 1 N–H and O–H groups in total. The monoisotopic (exact) mass is 243 g/mol. The van der Waals surface area contributed by atoms with Crippen LogP contribution in [0.15, 0.2) is 35.9 Å². The molecule has 0 amide bonds. The van der Waals surface area contributed by atoms with Crippen molar-refractivity contribution in [2.45, 2.75) is 26.6 Å². The van der Waals surface area contributed by atoms with Crippen molar-refractivity contribution in [3.8, 4) is 0 Å². The minimum absolute atomic E-state index is 0.571. The summed E-state index contributed by atoms with van der Waals surface area (Å²) in [4.78, 5) is 0. The molecule has 0 spiro atoms. The molecular weight excluding hydrogens is 227 g/mol. The molecule has 17 heavy (non-hydrogen) atoms. The van der Waals surface area contributed by atoms with Gasteiger partial charge >= 0.3 is 6.18 Å². The Balaban J connectivity index is 2.49. The average Bonchev–Trinajstić information content (AvgIpc) is 2.23. The largest absolute Gasteiger partial charge is 0.416 e. The molecule has 0 bridgehead atoms. The molecule has 0 aliphatic heterocycles. The Bertz CT molecular complexity index is 373. The van der Waals surface area contributed by atoms with Gasteiger partial charge < -0.3 is 5.32 Å². The van der Waals surface area contributed by atoms with E-state index in [2.05, 4.69) is 5.32 Å². The summed E-state index contributed by atoms with van der Waals surface area (Å²) in [7, 11) is 0. The zero-order valence-corrected chi connectivity index (χ0v) is 9.93. The van der Waals surface area contributed by atoms with Crippen LogP contribution in [0.4, 0.5) is 13.2 Å². The molecule has 4 heteroatoms. The van der Waals surface area contributed by atoms with Gasteiger partial charge in [0, 0.05) is 13.1 Å². The predicted octanol–water partition coefficient (Wildman–Crippen LogP) is 3.76. The third kappa shape index (κ3) is 5.04. The normalized spacial score (nSPS) is 11.4. The second-order valence-electron chi connectivity index (χ2n) is 4.11. The lowest BCUT2D eigenvalue weighted by atomic mass is 10.1. The molecule has 0 aliphatic carbocycles. The number of halogens is 3. The highest BCUT2D eigenvalue weighted by Crippen LogP contribution is 2.28.